The monoisotopic (exact) mass is 388 g/mol. The van der Waals surface area contributed by atoms with Gasteiger partial charge in [-0.15, -0.1) is 6.42 Å². The zero-order chi connectivity index (χ0) is 20.5. The van der Waals surface area contributed by atoms with Crippen LogP contribution in [0, 0.1) is 12.3 Å². The minimum atomic E-state index is 0.393. The molecule has 144 valence electrons. The van der Waals surface area contributed by atoms with Gasteiger partial charge in [-0.3, -0.25) is 15.0 Å². The van der Waals surface area contributed by atoms with E-state index in [0.29, 0.717) is 6.54 Å². The van der Waals surface area contributed by atoms with Gasteiger partial charge in [0, 0.05) is 53.5 Å². The largest absolute Gasteiger partial charge is 0.343 e. The summed E-state index contributed by atoms with van der Waals surface area (Å²) in [6.45, 7) is 0.393. The Kier molecular flexibility index (Phi) is 4.49. The smallest absolute Gasteiger partial charge is 0.0995 e. The molecule has 4 heteroatoms. The standard InChI is InChI=1S/C26H20N4/c1-3-10-27-16-22-14-20-12-18(6-9-25(20)30(22)2)13-21-15-28-17-24-23(21)8-7-19-5-4-11-29-26(19)24/h1,4-9,11-12,14-17H,10,13H2,2H3/b27-16+. The maximum Gasteiger partial charge on any atom is 0.0995 e. The Morgan fingerprint density at radius 1 is 1.07 bits per heavy atom. The van der Waals surface area contributed by atoms with E-state index >= 15 is 0 Å². The molecule has 30 heavy (non-hydrogen) atoms. The molecule has 3 heterocycles. The van der Waals surface area contributed by atoms with Gasteiger partial charge in [0.25, 0.3) is 0 Å². The van der Waals surface area contributed by atoms with E-state index in [9.17, 15) is 0 Å². The summed E-state index contributed by atoms with van der Waals surface area (Å²) in [5, 5.41) is 4.62. The van der Waals surface area contributed by atoms with Crippen LogP contribution in [-0.2, 0) is 13.5 Å². The molecule has 5 aromatic rings. The van der Waals surface area contributed by atoms with Crippen LogP contribution in [0.4, 0.5) is 0 Å². The highest BCUT2D eigenvalue weighted by molar-refractivity contribution is 6.05. The van der Waals surface area contributed by atoms with E-state index in [1.54, 1.807) is 0 Å². The molecule has 2 aromatic carbocycles. The third-order valence-corrected chi connectivity index (χ3v) is 5.54. The van der Waals surface area contributed by atoms with Gasteiger partial charge in [-0.2, -0.15) is 0 Å². The Balaban J connectivity index is 1.55. The Bertz CT molecular complexity index is 1470. The van der Waals surface area contributed by atoms with Gasteiger partial charge in [0.2, 0.25) is 0 Å². The average Bonchev–Trinajstić information content (AvgIpc) is 3.09. The third kappa shape index (κ3) is 3.11. The highest BCUT2D eigenvalue weighted by Gasteiger charge is 2.09. The molecule has 0 bridgehead atoms. The number of aromatic nitrogens is 3. The molecule has 3 aromatic heterocycles. The van der Waals surface area contributed by atoms with Crippen molar-refractivity contribution in [2.75, 3.05) is 6.54 Å². The minimum absolute atomic E-state index is 0.393. The van der Waals surface area contributed by atoms with Crippen LogP contribution >= 0.6 is 0 Å². The molecular weight excluding hydrogens is 368 g/mol. The van der Waals surface area contributed by atoms with Crippen molar-refractivity contribution < 1.29 is 0 Å². The summed E-state index contributed by atoms with van der Waals surface area (Å²) in [6, 6.07) is 17.1. The van der Waals surface area contributed by atoms with Crippen molar-refractivity contribution >= 4 is 38.8 Å². The van der Waals surface area contributed by atoms with Gasteiger partial charge in [-0.05, 0) is 47.2 Å². The summed E-state index contributed by atoms with van der Waals surface area (Å²) < 4.78 is 2.14. The van der Waals surface area contributed by atoms with Gasteiger partial charge in [0.05, 0.1) is 17.8 Å². The molecule has 0 spiro atoms. The van der Waals surface area contributed by atoms with E-state index < -0.39 is 0 Å². The number of rotatable bonds is 4. The van der Waals surface area contributed by atoms with E-state index in [4.69, 9.17) is 6.42 Å². The molecule has 0 radical (unpaired) electrons. The van der Waals surface area contributed by atoms with Crippen LogP contribution < -0.4 is 0 Å². The zero-order valence-electron chi connectivity index (χ0n) is 16.7. The van der Waals surface area contributed by atoms with E-state index in [1.807, 2.05) is 37.9 Å². The number of terminal acetylenes is 1. The van der Waals surface area contributed by atoms with E-state index in [1.165, 1.54) is 27.4 Å². The zero-order valence-corrected chi connectivity index (χ0v) is 16.7. The fourth-order valence-electron chi connectivity index (χ4n) is 4.06. The SMILES string of the molecule is C#CC/N=C/c1cc2cc(Cc3cncc4c3ccc3cccnc34)ccc2n1C. The normalized spacial score (nSPS) is 11.6. The molecule has 4 nitrogen and oxygen atoms in total. The van der Waals surface area contributed by atoms with Crippen molar-refractivity contribution in [1.29, 1.82) is 0 Å². The predicted molar refractivity (Wildman–Crippen MR) is 124 cm³/mol. The van der Waals surface area contributed by atoms with E-state index in [0.717, 1.165) is 28.4 Å². The van der Waals surface area contributed by atoms with E-state index in [2.05, 4.69) is 67.9 Å². The van der Waals surface area contributed by atoms with Crippen LogP contribution in [0.5, 0.6) is 0 Å². The number of hydrogen-bond acceptors (Lipinski definition) is 3. The second kappa shape index (κ2) is 7.46. The lowest BCUT2D eigenvalue weighted by molar-refractivity contribution is 0.957. The quantitative estimate of drug-likeness (QED) is 0.249. The lowest BCUT2D eigenvalue weighted by Crippen LogP contribution is -1.95. The molecular formula is C26H20N4. The summed E-state index contributed by atoms with van der Waals surface area (Å²) in [6.07, 6.45) is 13.7. The third-order valence-electron chi connectivity index (χ3n) is 5.54. The van der Waals surface area contributed by atoms with Crippen LogP contribution in [-0.4, -0.2) is 27.3 Å². The number of fused-ring (bicyclic) bond motifs is 4. The van der Waals surface area contributed by atoms with Crippen LogP contribution in [0.2, 0.25) is 0 Å². The van der Waals surface area contributed by atoms with Gasteiger partial charge in [0.15, 0.2) is 0 Å². The van der Waals surface area contributed by atoms with Crippen LogP contribution in [0.15, 0.2) is 72.1 Å². The predicted octanol–water partition coefficient (Wildman–Crippen LogP) is 4.92. The Morgan fingerprint density at radius 2 is 2.00 bits per heavy atom. The van der Waals surface area contributed by atoms with E-state index in [-0.39, 0.29) is 0 Å². The molecule has 0 N–H and O–H groups in total. The lowest BCUT2D eigenvalue weighted by Gasteiger charge is -2.09. The van der Waals surface area contributed by atoms with Gasteiger partial charge in [-0.1, -0.05) is 30.2 Å². The maximum atomic E-state index is 5.29. The summed E-state index contributed by atoms with van der Waals surface area (Å²) in [7, 11) is 2.05. The van der Waals surface area contributed by atoms with Crippen molar-refractivity contribution in [2.45, 2.75) is 6.42 Å². The van der Waals surface area contributed by atoms with Crippen LogP contribution in [0.25, 0.3) is 32.6 Å². The first kappa shape index (κ1) is 18.1. The minimum Gasteiger partial charge on any atom is -0.343 e. The van der Waals surface area contributed by atoms with Crippen molar-refractivity contribution in [3.05, 3.63) is 83.9 Å². The molecule has 0 saturated heterocycles. The molecule has 0 atom stereocenters. The summed E-state index contributed by atoms with van der Waals surface area (Å²) >= 11 is 0. The maximum absolute atomic E-state index is 5.29. The summed E-state index contributed by atoms with van der Waals surface area (Å²) in [5.41, 5.74) is 5.66. The second-order valence-electron chi connectivity index (χ2n) is 7.41. The molecule has 0 saturated carbocycles. The number of pyridine rings is 2. The average molecular weight is 388 g/mol. The Labute approximate surface area is 174 Å². The van der Waals surface area contributed by atoms with Gasteiger partial charge < -0.3 is 4.57 Å². The number of nitrogens with zero attached hydrogens (tertiary/aromatic N) is 4. The van der Waals surface area contributed by atoms with Crippen molar-refractivity contribution in [1.82, 2.24) is 14.5 Å². The summed E-state index contributed by atoms with van der Waals surface area (Å²) in [5.74, 6) is 2.54. The Morgan fingerprint density at radius 3 is 2.90 bits per heavy atom. The lowest BCUT2D eigenvalue weighted by atomic mass is 9.98. The molecule has 0 aliphatic heterocycles. The fraction of sp³-hybridized carbons (Fsp3) is 0.115. The Hall–Kier alpha value is -3.97. The first-order valence-corrected chi connectivity index (χ1v) is 9.86. The molecule has 0 fully saturated rings. The number of hydrogen-bond donors (Lipinski definition) is 0. The number of benzene rings is 2. The topological polar surface area (TPSA) is 43.1 Å². The number of aliphatic imine (C=N–C) groups is 1. The molecule has 0 unspecified atom stereocenters. The van der Waals surface area contributed by atoms with Crippen LogP contribution in [0.1, 0.15) is 16.8 Å². The highest BCUT2D eigenvalue weighted by atomic mass is 15.0. The van der Waals surface area contributed by atoms with Crippen molar-refractivity contribution in [3.8, 4) is 12.3 Å². The highest BCUT2D eigenvalue weighted by Crippen LogP contribution is 2.28. The molecule has 0 amide bonds. The van der Waals surface area contributed by atoms with Crippen molar-refractivity contribution in [2.24, 2.45) is 12.0 Å². The molecule has 0 aliphatic carbocycles. The van der Waals surface area contributed by atoms with Gasteiger partial charge >= 0.3 is 0 Å². The van der Waals surface area contributed by atoms with Gasteiger partial charge in [0.1, 0.15) is 0 Å². The van der Waals surface area contributed by atoms with Crippen molar-refractivity contribution in [3.63, 3.8) is 0 Å². The molecule has 5 rings (SSSR count). The van der Waals surface area contributed by atoms with Gasteiger partial charge in [-0.25, -0.2) is 0 Å². The fourth-order valence-corrected chi connectivity index (χ4v) is 4.06. The second-order valence-corrected chi connectivity index (χ2v) is 7.41. The summed E-state index contributed by atoms with van der Waals surface area (Å²) in [4.78, 5) is 13.3. The first-order chi connectivity index (χ1) is 14.7. The number of aryl methyl sites for hydroxylation is 1. The molecule has 0 aliphatic rings. The van der Waals surface area contributed by atoms with Crippen LogP contribution in [0.3, 0.4) is 0 Å². The first-order valence-electron chi connectivity index (χ1n) is 9.86.